The Labute approximate surface area is 218 Å². The summed E-state index contributed by atoms with van der Waals surface area (Å²) in [6, 6.07) is 27.0. The van der Waals surface area contributed by atoms with Crippen LogP contribution in [0.5, 0.6) is 0 Å². The van der Waals surface area contributed by atoms with E-state index in [4.69, 9.17) is 4.98 Å². The summed E-state index contributed by atoms with van der Waals surface area (Å²) in [5, 5.41) is 6.11. The van der Waals surface area contributed by atoms with Crippen molar-refractivity contribution in [2.75, 3.05) is 25.0 Å². The van der Waals surface area contributed by atoms with Gasteiger partial charge in [-0.1, -0.05) is 72.3 Å². The molecule has 1 saturated heterocycles. The quantitative estimate of drug-likeness (QED) is 0.281. The highest BCUT2D eigenvalue weighted by Crippen LogP contribution is 2.32. The molecule has 0 saturated carbocycles. The summed E-state index contributed by atoms with van der Waals surface area (Å²) in [5.74, 6) is 0.304. The predicted octanol–water partition coefficient (Wildman–Crippen LogP) is 7.18. The predicted molar refractivity (Wildman–Crippen MR) is 150 cm³/mol. The van der Waals surface area contributed by atoms with Crippen molar-refractivity contribution in [3.05, 3.63) is 106 Å². The van der Waals surface area contributed by atoms with E-state index in [0.29, 0.717) is 11.6 Å². The van der Waals surface area contributed by atoms with Crippen LogP contribution in [0.4, 0.5) is 5.69 Å². The van der Waals surface area contributed by atoms with Gasteiger partial charge in [-0.2, -0.15) is 0 Å². The second kappa shape index (κ2) is 11.6. The van der Waals surface area contributed by atoms with Gasteiger partial charge < -0.3 is 10.2 Å². The van der Waals surface area contributed by atoms with Gasteiger partial charge in [-0.3, -0.25) is 4.79 Å². The minimum Gasteiger partial charge on any atom is -0.320 e. The molecule has 5 heteroatoms. The van der Waals surface area contributed by atoms with Gasteiger partial charge in [0.1, 0.15) is 5.69 Å². The van der Waals surface area contributed by atoms with Crippen LogP contribution in [0, 0.1) is 6.92 Å². The van der Waals surface area contributed by atoms with Crippen molar-refractivity contribution in [1.29, 1.82) is 0 Å². The van der Waals surface area contributed by atoms with Gasteiger partial charge in [0.05, 0.1) is 5.01 Å². The SMILES string of the molecule is Cc1ccc(NC(=O)c2csc(C3CCN(CCCc4ccccc4)CC3)n2)c(-c2ccccc2)c1. The standard InChI is InChI=1S/C31H33N3OS/c1-23-14-15-28(27(21-23)25-12-6-3-7-13-25)32-30(35)29-22-36-31(33-29)26-16-19-34(20-17-26)18-8-11-24-9-4-2-5-10-24/h2-7,9-10,12-15,21-22,26H,8,11,16-20H2,1H3,(H,32,35). The van der Waals surface area contributed by atoms with Crippen molar-refractivity contribution >= 4 is 22.9 Å². The van der Waals surface area contributed by atoms with E-state index < -0.39 is 0 Å². The molecule has 1 aliphatic heterocycles. The first-order valence-electron chi connectivity index (χ1n) is 12.8. The minimum absolute atomic E-state index is 0.142. The van der Waals surface area contributed by atoms with Crippen LogP contribution in [0.1, 0.15) is 51.8 Å². The number of rotatable bonds is 8. The number of aryl methyl sites for hydroxylation is 2. The summed E-state index contributed by atoms with van der Waals surface area (Å²) in [4.78, 5) is 20.4. The van der Waals surface area contributed by atoms with Crippen LogP contribution < -0.4 is 5.32 Å². The minimum atomic E-state index is -0.142. The Morgan fingerprint density at radius 3 is 2.47 bits per heavy atom. The number of hydrogen-bond acceptors (Lipinski definition) is 4. The Hall–Kier alpha value is -3.28. The second-order valence-electron chi connectivity index (χ2n) is 9.65. The number of nitrogens with zero attached hydrogens (tertiary/aromatic N) is 2. The van der Waals surface area contributed by atoms with E-state index >= 15 is 0 Å². The van der Waals surface area contributed by atoms with Crippen LogP contribution in [0.15, 0.2) is 84.2 Å². The second-order valence-corrected chi connectivity index (χ2v) is 10.5. The summed E-state index contributed by atoms with van der Waals surface area (Å²) in [7, 11) is 0. The van der Waals surface area contributed by atoms with E-state index in [1.54, 1.807) is 11.3 Å². The molecular formula is C31H33N3OS. The molecule has 0 radical (unpaired) electrons. The number of carbonyl (C=O) groups excluding carboxylic acids is 1. The average molecular weight is 496 g/mol. The van der Waals surface area contributed by atoms with E-state index in [1.807, 2.05) is 35.7 Å². The number of benzene rings is 3. The zero-order valence-corrected chi connectivity index (χ0v) is 21.6. The summed E-state index contributed by atoms with van der Waals surface area (Å²) < 4.78 is 0. The molecule has 1 aliphatic rings. The number of amides is 1. The maximum absolute atomic E-state index is 13.1. The summed E-state index contributed by atoms with van der Waals surface area (Å²) in [5.41, 5.74) is 6.02. The van der Waals surface area contributed by atoms with Crippen LogP contribution in [-0.4, -0.2) is 35.4 Å². The van der Waals surface area contributed by atoms with Gasteiger partial charge >= 0.3 is 0 Å². The van der Waals surface area contributed by atoms with Crippen LogP contribution >= 0.6 is 11.3 Å². The fraction of sp³-hybridized carbons (Fsp3) is 0.290. The van der Waals surface area contributed by atoms with Crippen LogP contribution in [0.2, 0.25) is 0 Å². The first-order chi connectivity index (χ1) is 17.7. The Morgan fingerprint density at radius 2 is 1.72 bits per heavy atom. The molecule has 0 bridgehead atoms. The van der Waals surface area contributed by atoms with Gasteiger partial charge in [0.25, 0.3) is 5.91 Å². The summed E-state index contributed by atoms with van der Waals surface area (Å²) >= 11 is 1.62. The first kappa shape index (κ1) is 24.4. The highest BCUT2D eigenvalue weighted by atomic mass is 32.1. The number of nitrogens with one attached hydrogen (secondary N) is 1. The van der Waals surface area contributed by atoms with Crippen molar-refractivity contribution in [3.8, 4) is 11.1 Å². The van der Waals surface area contributed by atoms with Crippen molar-refractivity contribution < 1.29 is 4.79 Å². The normalized spacial score (nSPS) is 14.6. The Kier molecular flexibility index (Phi) is 7.89. The molecule has 0 unspecified atom stereocenters. The highest BCUT2D eigenvalue weighted by Gasteiger charge is 2.24. The molecule has 4 aromatic rings. The number of thiazole rings is 1. The Bertz CT molecular complexity index is 1280. The molecular weight excluding hydrogens is 462 g/mol. The van der Waals surface area contributed by atoms with Gasteiger partial charge in [-0.05, 0) is 75.5 Å². The number of likely N-dealkylation sites (tertiary alicyclic amines) is 1. The van der Waals surface area contributed by atoms with Gasteiger partial charge in [0.15, 0.2) is 0 Å². The third-order valence-corrected chi connectivity index (χ3v) is 7.99. The smallest absolute Gasteiger partial charge is 0.275 e. The molecule has 184 valence electrons. The first-order valence-corrected chi connectivity index (χ1v) is 13.7. The van der Waals surface area contributed by atoms with Crippen molar-refractivity contribution in [1.82, 2.24) is 9.88 Å². The van der Waals surface area contributed by atoms with Gasteiger partial charge in [0, 0.05) is 22.5 Å². The maximum Gasteiger partial charge on any atom is 0.275 e. The van der Waals surface area contributed by atoms with E-state index in [2.05, 4.69) is 65.7 Å². The fourth-order valence-electron chi connectivity index (χ4n) is 4.94. The van der Waals surface area contributed by atoms with Crippen LogP contribution in [0.25, 0.3) is 11.1 Å². The number of hydrogen-bond donors (Lipinski definition) is 1. The Balaban J connectivity index is 1.16. The lowest BCUT2D eigenvalue weighted by molar-refractivity contribution is 0.102. The zero-order chi connectivity index (χ0) is 24.7. The lowest BCUT2D eigenvalue weighted by Gasteiger charge is -2.31. The molecule has 1 aromatic heterocycles. The molecule has 1 N–H and O–H groups in total. The number of aromatic nitrogens is 1. The molecule has 0 spiro atoms. The summed E-state index contributed by atoms with van der Waals surface area (Å²) in [6.45, 7) is 5.42. The van der Waals surface area contributed by atoms with E-state index in [0.717, 1.165) is 66.3 Å². The lowest BCUT2D eigenvalue weighted by atomic mass is 9.97. The largest absolute Gasteiger partial charge is 0.320 e. The molecule has 36 heavy (non-hydrogen) atoms. The van der Waals surface area contributed by atoms with Crippen LogP contribution in [0.3, 0.4) is 0 Å². The number of anilines is 1. The molecule has 0 atom stereocenters. The maximum atomic E-state index is 13.1. The zero-order valence-electron chi connectivity index (χ0n) is 20.8. The van der Waals surface area contributed by atoms with E-state index in [-0.39, 0.29) is 5.91 Å². The highest BCUT2D eigenvalue weighted by molar-refractivity contribution is 7.10. The van der Waals surface area contributed by atoms with Crippen molar-refractivity contribution in [2.24, 2.45) is 0 Å². The molecule has 1 amide bonds. The van der Waals surface area contributed by atoms with Gasteiger partial charge in [0.2, 0.25) is 0 Å². The summed E-state index contributed by atoms with van der Waals surface area (Å²) in [6.07, 6.45) is 4.55. The fourth-order valence-corrected chi connectivity index (χ4v) is 5.92. The van der Waals surface area contributed by atoms with E-state index in [1.165, 1.54) is 12.0 Å². The number of carbonyl (C=O) groups is 1. The van der Waals surface area contributed by atoms with Gasteiger partial charge in [-0.15, -0.1) is 11.3 Å². The molecule has 5 rings (SSSR count). The van der Waals surface area contributed by atoms with Gasteiger partial charge in [-0.25, -0.2) is 4.98 Å². The Morgan fingerprint density at radius 1 is 1.00 bits per heavy atom. The third kappa shape index (κ3) is 6.10. The van der Waals surface area contributed by atoms with Crippen molar-refractivity contribution in [3.63, 3.8) is 0 Å². The topological polar surface area (TPSA) is 45.2 Å². The monoisotopic (exact) mass is 495 g/mol. The molecule has 1 fully saturated rings. The van der Waals surface area contributed by atoms with E-state index in [9.17, 15) is 4.79 Å². The van der Waals surface area contributed by atoms with Crippen LogP contribution in [-0.2, 0) is 6.42 Å². The molecule has 3 aromatic carbocycles. The molecule has 2 heterocycles. The third-order valence-electron chi connectivity index (χ3n) is 6.98. The molecule has 0 aliphatic carbocycles. The molecule has 4 nitrogen and oxygen atoms in total. The van der Waals surface area contributed by atoms with Crippen molar-refractivity contribution in [2.45, 2.75) is 38.5 Å². The average Bonchev–Trinajstić information content (AvgIpc) is 3.42. The lowest BCUT2D eigenvalue weighted by Crippen LogP contribution is -2.33. The number of piperidine rings is 1.